The average Bonchev–Trinajstić information content (AvgIpc) is 3.23. The minimum atomic E-state index is -0.0412. The number of aromatic nitrogens is 2. The van der Waals surface area contributed by atoms with E-state index in [4.69, 9.17) is 35.4 Å². The van der Waals surface area contributed by atoms with Crippen LogP contribution in [0.1, 0.15) is 34.7 Å². The Hall–Kier alpha value is -2.12. The van der Waals surface area contributed by atoms with Crippen LogP contribution in [-0.2, 0) is 0 Å². The fourth-order valence-electron chi connectivity index (χ4n) is 4.41. The van der Waals surface area contributed by atoms with Crippen LogP contribution < -0.4 is 5.32 Å². The molecule has 2 atom stereocenters. The van der Waals surface area contributed by atoms with Crippen molar-refractivity contribution in [2.45, 2.75) is 25.9 Å². The molecule has 8 heteroatoms. The Kier molecular flexibility index (Phi) is 6.77. The average molecular weight is 488 g/mol. The largest absolute Gasteiger partial charge is 0.352 e. The molecule has 168 valence electrons. The number of hydrogen-bond donors (Lipinski definition) is 1. The van der Waals surface area contributed by atoms with Gasteiger partial charge < -0.3 is 19.7 Å². The van der Waals surface area contributed by atoms with E-state index in [1.54, 1.807) is 6.07 Å². The normalized spacial score (nSPS) is 18.5. The van der Waals surface area contributed by atoms with Gasteiger partial charge in [-0.2, -0.15) is 0 Å². The van der Waals surface area contributed by atoms with Gasteiger partial charge in [-0.3, -0.25) is 4.98 Å². The van der Waals surface area contributed by atoms with Gasteiger partial charge in [0.05, 0.1) is 28.5 Å². The van der Waals surface area contributed by atoms with E-state index in [0.717, 1.165) is 41.0 Å². The van der Waals surface area contributed by atoms with Crippen molar-refractivity contribution in [2.24, 2.45) is 0 Å². The molecular formula is C24H27Cl2N5S. The fraction of sp³-hybridized carbons (Fsp3) is 0.333. The van der Waals surface area contributed by atoms with Crippen molar-refractivity contribution < 1.29 is 0 Å². The molecule has 32 heavy (non-hydrogen) atoms. The molecule has 4 rings (SSSR count). The molecule has 0 saturated carbocycles. The van der Waals surface area contributed by atoms with Gasteiger partial charge in [0.15, 0.2) is 5.11 Å². The van der Waals surface area contributed by atoms with E-state index in [-0.39, 0.29) is 12.1 Å². The molecule has 1 fully saturated rings. The summed E-state index contributed by atoms with van der Waals surface area (Å²) in [6, 6.07) is 13.8. The SMILES string of the molecule is Cc1cc([C@H]2[C@H](c3ccccn3)NC(=S)N2CCN(C)C)c(C)n1-c1ccc(Cl)cc1Cl. The summed E-state index contributed by atoms with van der Waals surface area (Å²) in [5.41, 5.74) is 5.32. The second kappa shape index (κ2) is 9.40. The first-order valence-electron chi connectivity index (χ1n) is 10.5. The Balaban J connectivity index is 1.82. The molecule has 0 spiro atoms. The summed E-state index contributed by atoms with van der Waals surface area (Å²) < 4.78 is 2.19. The van der Waals surface area contributed by atoms with Crippen molar-refractivity contribution in [3.8, 4) is 5.69 Å². The summed E-state index contributed by atoms with van der Waals surface area (Å²) in [7, 11) is 4.15. The summed E-state index contributed by atoms with van der Waals surface area (Å²) in [6.07, 6.45) is 1.83. The van der Waals surface area contributed by atoms with Crippen molar-refractivity contribution in [3.63, 3.8) is 0 Å². The van der Waals surface area contributed by atoms with E-state index in [9.17, 15) is 0 Å². The molecular weight excluding hydrogens is 461 g/mol. The molecule has 5 nitrogen and oxygen atoms in total. The molecule has 0 bridgehead atoms. The molecule has 0 amide bonds. The molecule has 1 aliphatic rings. The van der Waals surface area contributed by atoms with E-state index in [2.05, 4.69) is 64.7 Å². The van der Waals surface area contributed by atoms with E-state index in [1.165, 1.54) is 5.56 Å². The van der Waals surface area contributed by atoms with Crippen LogP contribution in [-0.4, -0.2) is 51.6 Å². The van der Waals surface area contributed by atoms with E-state index in [0.29, 0.717) is 10.0 Å². The van der Waals surface area contributed by atoms with Crippen LogP contribution in [0.15, 0.2) is 48.7 Å². The first-order chi connectivity index (χ1) is 15.3. The van der Waals surface area contributed by atoms with Crippen LogP contribution in [0.4, 0.5) is 0 Å². The third kappa shape index (κ3) is 4.37. The van der Waals surface area contributed by atoms with Gasteiger partial charge in [-0.1, -0.05) is 29.3 Å². The minimum Gasteiger partial charge on any atom is -0.352 e. The van der Waals surface area contributed by atoms with Gasteiger partial charge in [-0.05, 0) is 82.1 Å². The maximum Gasteiger partial charge on any atom is 0.170 e. The Morgan fingerprint density at radius 3 is 2.56 bits per heavy atom. The smallest absolute Gasteiger partial charge is 0.170 e. The first-order valence-corrected chi connectivity index (χ1v) is 11.7. The molecule has 0 unspecified atom stereocenters. The lowest BCUT2D eigenvalue weighted by atomic mass is 9.97. The third-order valence-corrected chi connectivity index (χ3v) is 6.82. The monoisotopic (exact) mass is 487 g/mol. The highest BCUT2D eigenvalue weighted by Crippen LogP contribution is 2.41. The van der Waals surface area contributed by atoms with Gasteiger partial charge in [0.1, 0.15) is 0 Å². The van der Waals surface area contributed by atoms with Gasteiger partial charge in [0.2, 0.25) is 0 Å². The number of nitrogens with one attached hydrogen (secondary N) is 1. The quantitative estimate of drug-likeness (QED) is 0.475. The molecule has 0 radical (unpaired) electrons. The van der Waals surface area contributed by atoms with Crippen molar-refractivity contribution in [2.75, 3.05) is 27.2 Å². The lowest BCUT2D eigenvalue weighted by Gasteiger charge is -2.29. The highest BCUT2D eigenvalue weighted by Gasteiger charge is 2.41. The van der Waals surface area contributed by atoms with E-state index >= 15 is 0 Å². The standard InChI is InChI=1S/C24H27Cl2N5S/c1-15-13-18(16(2)31(15)21-9-8-17(25)14-19(21)26)23-22(20-7-5-6-10-27-20)28-24(32)30(23)12-11-29(3)4/h5-10,13-14,22-23H,11-12H2,1-4H3,(H,28,32)/t22-,23-/m0/s1. The van der Waals surface area contributed by atoms with Crippen LogP contribution in [0.25, 0.3) is 5.69 Å². The minimum absolute atomic E-state index is 0.0170. The van der Waals surface area contributed by atoms with Gasteiger partial charge in [0.25, 0.3) is 0 Å². The molecule has 1 saturated heterocycles. The molecule has 3 heterocycles. The van der Waals surface area contributed by atoms with Gasteiger partial charge in [-0.15, -0.1) is 0 Å². The number of likely N-dealkylation sites (N-methyl/N-ethyl adjacent to an activating group) is 1. The summed E-state index contributed by atoms with van der Waals surface area (Å²) in [6.45, 7) is 5.95. The lowest BCUT2D eigenvalue weighted by Crippen LogP contribution is -2.35. The van der Waals surface area contributed by atoms with Crippen LogP contribution in [0.3, 0.4) is 0 Å². The summed E-state index contributed by atoms with van der Waals surface area (Å²) in [5.74, 6) is 0. The highest BCUT2D eigenvalue weighted by molar-refractivity contribution is 7.80. The molecule has 3 aromatic rings. The lowest BCUT2D eigenvalue weighted by molar-refractivity contribution is 0.277. The number of nitrogens with zero attached hydrogens (tertiary/aromatic N) is 4. The fourth-order valence-corrected chi connectivity index (χ4v) is 5.24. The van der Waals surface area contributed by atoms with Gasteiger partial charge in [-0.25, -0.2) is 0 Å². The predicted molar refractivity (Wildman–Crippen MR) is 136 cm³/mol. The Morgan fingerprint density at radius 2 is 1.91 bits per heavy atom. The van der Waals surface area contributed by atoms with Crippen LogP contribution in [0.2, 0.25) is 10.0 Å². The van der Waals surface area contributed by atoms with Crippen LogP contribution in [0.5, 0.6) is 0 Å². The highest BCUT2D eigenvalue weighted by atomic mass is 35.5. The van der Waals surface area contributed by atoms with Crippen LogP contribution >= 0.6 is 35.4 Å². The number of thiocarbonyl (C=S) groups is 1. The topological polar surface area (TPSA) is 36.3 Å². The predicted octanol–water partition coefficient (Wildman–Crippen LogP) is 5.33. The first kappa shape index (κ1) is 23.1. The maximum absolute atomic E-state index is 6.57. The summed E-state index contributed by atoms with van der Waals surface area (Å²) in [5, 5.41) is 5.53. The zero-order valence-corrected chi connectivity index (χ0v) is 21.0. The number of rotatable bonds is 6. The molecule has 2 aromatic heterocycles. The Bertz CT molecular complexity index is 1130. The number of aryl methyl sites for hydroxylation is 1. The zero-order chi connectivity index (χ0) is 23.0. The maximum atomic E-state index is 6.57. The molecule has 0 aliphatic carbocycles. The van der Waals surface area contributed by atoms with Crippen molar-refractivity contribution in [1.82, 2.24) is 24.7 Å². The number of halogens is 2. The van der Waals surface area contributed by atoms with Gasteiger partial charge in [0, 0.05) is 35.7 Å². The Morgan fingerprint density at radius 1 is 1.12 bits per heavy atom. The second-order valence-electron chi connectivity index (χ2n) is 8.38. The second-order valence-corrected chi connectivity index (χ2v) is 9.61. The molecule has 1 aliphatic heterocycles. The molecule has 1 N–H and O–H groups in total. The van der Waals surface area contributed by atoms with E-state index in [1.807, 2.05) is 30.5 Å². The van der Waals surface area contributed by atoms with Crippen molar-refractivity contribution >= 4 is 40.5 Å². The molecule has 1 aromatic carbocycles. The van der Waals surface area contributed by atoms with Crippen molar-refractivity contribution in [1.29, 1.82) is 0 Å². The number of hydrogen-bond acceptors (Lipinski definition) is 3. The van der Waals surface area contributed by atoms with E-state index < -0.39 is 0 Å². The summed E-state index contributed by atoms with van der Waals surface area (Å²) in [4.78, 5) is 9.09. The Labute approximate surface area is 204 Å². The zero-order valence-electron chi connectivity index (χ0n) is 18.6. The van der Waals surface area contributed by atoms with Gasteiger partial charge >= 0.3 is 0 Å². The third-order valence-electron chi connectivity index (χ3n) is 5.93. The number of pyridine rings is 1. The number of benzene rings is 1. The van der Waals surface area contributed by atoms with Crippen molar-refractivity contribution in [3.05, 3.63) is 81.4 Å². The summed E-state index contributed by atoms with van der Waals surface area (Å²) >= 11 is 18.5. The van der Waals surface area contributed by atoms with Crippen LogP contribution in [0, 0.1) is 13.8 Å².